The van der Waals surface area contributed by atoms with Crippen molar-refractivity contribution in [1.82, 2.24) is 5.32 Å². The van der Waals surface area contributed by atoms with Crippen LogP contribution in [0.5, 0.6) is 0 Å². The fourth-order valence-corrected chi connectivity index (χ4v) is 0.516. The minimum Gasteiger partial charge on any atom is -0.394 e. The third-order valence-electron chi connectivity index (χ3n) is 1.12. The van der Waals surface area contributed by atoms with Gasteiger partial charge < -0.3 is 21.3 Å². The van der Waals surface area contributed by atoms with Crippen molar-refractivity contribution >= 4 is 5.91 Å². The molecule has 5 heteroatoms. The van der Waals surface area contributed by atoms with Gasteiger partial charge in [0, 0.05) is 19.5 Å². The van der Waals surface area contributed by atoms with E-state index in [1.807, 2.05) is 0 Å². The Morgan fingerprint density at radius 2 is 2.27 bits per heavy atom. The molecule has 0 spiro atoms. The van der Waals surface area contributed by atoms with Gasteiger partial charge in [-0.25, -0.2) is 0 Å². The molecule has 0 saturated heterocycles. The summed E-state index contributed by atoms with van der Waals surface area (Å²) < 4.78 is 0. The van der Waals surface area contributed by atoms with Crippen molar-refractivity contribution in [2.45, 2.75) is 12.5 Å². The highest BCUT2D eigenvalue weighted by Gasteiger charge is 2.03. The highest BCUT2D eigenvalue weighted by atomic mass is 16.3. The van der Waals surface area contributed by atoms with Crippen molar-refractivity contribution in [2.24, 2.45) is 5.73 Å². The molecule has 11 heavy (non-hydrogen) atoms. The maximum atomic E-state index is 10.7. The van der Waals surface area contributed by atoms with Gasteiger partial charge in [0.1, 0.15) is 0 Å². The van der Waals surface area contributed by atoms with Gasteiger partial charge >= 0.3 is 0 Å². The molecule has 0 radical (unpaired) electrons. The van der Waals surface area contributed by atoms with Gasteiger partial charge in [0.15, 0.2) is 0 Å². The van der Waals surface area contributed by atoms with Gasteiger partial charge in [0.05, 0.1) is 12.7 Å². The van der Waals surface area contributed by atoms with Crippen molar-refractivity contribution in [3.63, 3.8) is 0 Å². The van der Waals surface area contributed by atoms with Gasteiger partial charge in [-0.15, -0.1) is 0 Å². The summed E-state index contributed by atoms with van der Waals surface area (Å²) in [5, 5.41) is 19.5. The minimum atomic E-state index is -0.878. The first kappa shape index (κ1) is 10.3. The van der Waals surface area contributed by atoms with Crippen LogP contribution in [0.15, 0.2) is 0 Å². The number of hydrogen-bond acceptors (Lipinski definition) is 4. The summed E-state index contributed by atoms with van der Waals surface area (Å²) in [7, 11) is 0. The lowest BCUT2D eigenvalue weighted by atomic mass is 10.3. The highest BCUT2D eigenvalue weighted by Crippen LogP contribution is 1.79. The summed E-state index contributed by atoms with van der Waals surface area (Å²) in [6.45, 7) is 0.0271. The Balaban J connectivity index is 3.30. The van der Waals surface area contributed by atoms with Crippen LogP contribution in [0.2, 0.25) is 0 Å². The largest absolute Gasteiger partial charge is 0.394 e. The Kier molecular flexibility index (Phi) is 5.73. The van der Waals surface area contributed by atoms with Crippen LogP contribution in [-0.4, -0.2) is 41.9 Å². The molecule has 0 aliphatic heterocycles. The quantitative estimate of drug-likeness (QED) is 0.369. The third kappa shape index (κ3) is 5.78. The van der Waals surface area contributed by atoms with E-state index in [0.29, 0.717) is 6.54 Å². The summed E-state index contributed by atoms with van der Waals surface area (Å²) >= 11 is 0. The Labute approximate surface area is 65.2 Å². The van der Waals surface area contributed by atoms with Gasteiger partial charge in [-0.2, -0.15) is 0 Å². The first-order valence-electron chi connectivity index (χ1n) is 3.46. The van der Waals surface area contributed by atoms with E-state index in [1.54, 1.807) is 0 Å². The van der Waals surface area contributed by atoms with Crippen LogP contribution in [-0.2, 0) is 4.79 Å². The lowest BCUT2D eigenvalue weighted by Gasteiger charge is -2.07. The number of amides is 1. The number of aliphatic hydroxyl groups is 2. The maximum Gasteiger partial charge on any atom is 0.221 e. The predicted molar refractivity (Wildman–Crippen MR) is 39.8 cm³/mol. The number of nitrogens with two attached hydrogens (primary N) is 1. The Hall–Kier alpha value is -0.650. The Morgan fingerprint density at radius 3 is 2.73 bits per heavy atom. The summed E-state index contributed by atoms with van der Waals surface area (Å²) in [5.74, 6) is -0.208. The number of aliphatic hydroxyl groups excluding tert-OH is 2. The SMILES string of the molecule is NCCC(=O)NCC(O)CO. The molecule has 5 nitrogen and oxygen atoms in total. The number of carbonyl (C=O) groups excluding carboxylic acids is 1. The number of rotatable bonds is 5. The molecular weight excluding hydrogens is 148 g/mol. The van der Waals surface area contributed by atoms with E-state index in [-0.39, 0.29) is 25.5 Å². The van der Waals surface area contributed by atoms with Gasteiger partial charge in [-0.1, -0.05) is 0 Å². The van der Waals surface area contributed by atoms with E-state index in [2.05, 4.69) is 5.32 Å². The average Bonchev–Trinajstić information content (AvgIpc) is 2.01. The number of hydrogen-bond donors (Lipinski definition) is 4. The van der Waals surface area contributed by atoms with Crippen LogP contribution in [0.3, 0.4) is 0 Å². The molecule has 0 bridgehead atoms. The number of carbonyl (C=O) groups is 1. The molecule has 0 aliphatic carbocycles. The molecule has 0 heterocycles. The topological polar surface area (TPSA) is 95.6 Å². The summed E-state index contributed by atoms with van der Waals surface area (Å²) in [6, 6.07) is 0. The van der Waals surface area contributed by atoms with Gasteiger partial charge in [0.2, 0.25) is 5.91 Å². The van der Waals surface area contributed by atoms with Crippen molar-refractivity contribution in [3.8, 4) is 0 Å². The molecule has 1 unspecified atom stereocenters. The van der Waals surface area contributed by atoms with Crippen molar-refractivity contribution in [3.05, 3.63) is 0 Å². The normalized spacial score (nSPS) is 12.6. The third-order valence-corrected chi connectivity index (χ3v) is 1.12. The fraction of sp³-hybridized carbons (Fsp3) is 0.833. The molecule has 0 aromatic rings. The van der Waals surface area contributed by atoms with E-state index in [1.165, 1.54) is 0 Å². The fourth-order valence-electron chi connectivity index (χ4n) is 0.516. The van der Waals surface area contributed by atoms with Gasteiger partial charge in [0.25, 0.3) is 0 Å². The second-order valence-electron chi connectivity index (χ2n) is 2.18. The van der Waals surface area contributed by atoms with Crippen LogP contribution in [0.1, 0.15) is 6.42 Å². The first-order chi connectivity index (χ1) is 5.20. The van der Waals surface area contributed by atoms with E-state index in [4.69, 9.17) is 15.9 Å². The van der Waals surface area contributed by atoms with Gasteiger partial charge in [-0.3, -0.25) is 4.79 Å². The van der Waals surface area contributed by atoms with Crippen LogP contribution < -0.4 is 11.1 Å². The zero-order valence-electron chi connectivity index (χ0n) is 6.29. The van der Waals surface area contributed by atoms with Crippen LogP contribution in [0.4, 0.5) is 0 Å². The summed E-state index contributed by atoms with van der Waals surface area (Å²) in [4.78, 5) is 10.7. The molecule has 0 rings (SSSR count). The van der Waals surface area contributed by atoms with Crippen LogP contribution in [0, 0.1) is 0 Å². The van der Waals surface area contributed by atoms with E-state index in [9.17, 15) is 4.79 Å². The molecule has 0 fully saturated rings. The second-order valence-corrected chi connectivity index (χ2v) is 2.18. The molecule has 1 amide bonds. The minimum absolute atomic E-state index is 0.0787. The predicted octanol–water partition coefficient (Wildman–Crippen LogP) is -2.20. The molecule has 0 aromatic heterocycles. The zero-order chi connectivity index (χ0) is 8.69. The average molecular weight is 162 g/mol. The Bertz CT molecular complexity index is 118. The first-order valence-corrected chi connectivity index (χ1v) is 3.46. The lowest BCUT2D eigenvalue weighted by Crippen LogP contribution is -2.34. The second kappa shape index (κ2) is 6.09. The summed E-state index contributed by atoms with van der Waals surface area (Å²) in [6.07, 6.45) is -0.630. The molecule has 0 aliphatic rings. The smallest absolute Gasteiger partial charge is 0.221 e. The lowest BCUT2D eigenvalue weighted by molar-refractivity contribution is -0.121. The molecule has 0 aromatic carbocycles. The van der Waals surface area contributed by atoms with E-state index >= 15 is 0 Å². The molecule has 1 atom stereocenters. The molecular formula is C6H14N2O3. The van der Waals surface area contributed by atoms with Crippen molar-refractivity contribution in [2.75, 3.05) is 19.7 Å². The zero-order valence-corrected chi connectivity index (χ0v) is 6.29. The van der Waals surface area contributed by atoms with Crippen LogP contribution in [0.25, 0.3) is 0 Å². The van der Waals surface area contributed by atoms with Crippen molar-refractivity contribution in [1.29, 1.82) is 0 Å². The Morgan fingerprint density at radius 1 is 1.64 bits per heavy atom. The van der Waals surface area contributed by atoms with E-state index in [0.717, 1.165) is 0 Å². The maximum absolute atomic E-state index is 10.7. The number of nitrogens with one attached hydrogen (secondary N) is 1. The monoisotopic (exact) mass is 162 g/mol. The molecule has 5 N–H and O–H groups in total. The van der Waals surface area contributed by atoms with Crippen molar-refractivity contribution < 1.29 is 15.0 Å². The van der Waals surface area contributed by atoms with E-state index < -0.39 is 6.10 Å². The standard InChI is InChI=1S/C6H14N2O3/c7-2-1-6(11)8-3-5(10)4-9/h5,9-10H,1-4,7H2,(H,8,11). The highest BCUT2D eigenvalue weighted by molar-refractivity contribution is 5.76. The molecule has 0 saturated carbocycles. The molecule has 66 valence electrons. The van der Waals surface area contributed by atoms with Gasteiger partial charge in [-0.05, 0) is 0 Å². The van der Waals surface area contributed by atoms with Crippen LogP contribution >= 0.6 is 0 Å². The summed E-state index contributed by atoms with van der Waals surface area (Å²) in [5.41, 5.74) is 5.10.